The van der Waals surface area contributed by atoms with Gasteiger partial charge in [0, 0.05) is 31.6 Å². The third-order valence-electron chi connectivity index (χ3n) is 6.81. The van der Waals surface area contributed by atoms with Crippen molar-refractivity contribution in [2.75, 3.05) is 27.4 Å². The molecule has 0 saturated carbocycles. The smallest absolute Gasteiger partial charge is 0.347 e. The maximum atomic E-state index is 12.5. The largest absolute Gasteiger partial charge is 0.478 e. The van der Waals surface area contributed by atoms with Gasteiger partial charge in [-0.2, -0.15) is 0 Å². The number of rotatable bonds is 13. The Morgan fingerprint density at radius 2 is 1.62 bits per heavy atom. The summed E-state index contributed by atoms with van der Waals surface area (Å²) in [5, 5.41) is 19.0. The Morgan fingerprint density at radius 3 is 2.22 bits per heavy atom. The third kappa shape index (κ3) is 6.19. The van der Waals surface area contributed by atoms with E-state index in [4.69, 9.17) is 18.9 Å². The maximum Gasteiger partial charge on any atom is 0.347 e. The van der Waals surface area contributed by atoms with Gasteiger partial charge in [0.15, 0.2) is 6.10 Å². The Labute approximate surface area is 217 Å². The van der Waals surface area contributed by atoms with Crippen LogP contribution in [0.5, 0.6) is 5.75 Å². The molecule has 7 heteroatoms. The normalized spacial score (nSPS) is 14.1. The number of aliphatic hydroxyl groups excluding tert-OH is 2. The molecule has 37 heavy (non-hydrogen) atoms. The van der Waals surface area contributed by atoms with Gasteiger partial charge in [-0.05, 0) is 46.4 Å². The number of fused-ring (bicyclic) bond motifs is 3. The minimum Gasteiger partial charge on any atom is -0.478 e. The number of aliphatic hydroxyl groups is 2. The van der Waals surface area contributed by atoms with E-state index in [1.807, 2.05) is 18.2 Å². The van der Waals surface area contributed by atoms with Gasteiger partial charge in [0.05, 0.1) is 33.0 Å². The quantitative estimate of drug-likeness (QED) is 0.335. The number of carbonyl (C=O) groups excluding carboxylic acids is 1. The third-order valence-corrected chi connectivity index (χ3v) is 6.81. The van der Waals surface area contributed by atoms with Gasteiger partial charge < -0.3 is 29.2 Å². The molecule has 7 nitrogen and oxygen atoms in total. The Morgan fingerprint density at radius 1 is 0.946 bits per heavy atom. The molecular weight excluding hydrogens is 472 g/mol. The average Bonchev–Trinajstić information content (AvgIpc) is 3.26. The summed E-state index contributed by atoms with van der Waals surface area (Å²) in [4.78, 5) is 12.5. The van der Waals surface area contributed by atoms with Crippen LogP contribution in [0.2, 0.25) is 0 Å². The van der Waals surface area contributed by atoms with Gasteiger partial charge in [0.1, 0.15) is 5.75 Å². The zero-order valence-electron chi connectivity index (χ0n) is 21.3. The predicted molar refractivity (Wildman–Crippen MR) is 139 cm³/mol. The SMILES string of the molecule is COC(=O)C(CC(CCO)OC)Oc1ccc(CO)cc1COCC1c2ccccc2-c2ccccc21. The van der Waals surface area contributed by atoms with Crippen LogP contribution in [0.25, 0.3) is 11.1 Å². The van der Waals surface area contributed by atoms with Crippen LogP contribution in [-0.4, -0.2) is 55.8 Å². The molecular formula is C30H34O7. The van der Waals surface area contributed by atoms with E-state index in [0.29, 0.717) is 24.3 Å². The standard InChI is InChI=1S/C30H34O7/c1-34-22(13-14-31)16-29(30(33)35-2)37-28-12-11-20(17-32)15-21(28)18-36-19-27-25-9-5-3-7-23(25)24-8-4-6-10-26(24)27/h3-12,15,22,27,29,31-32H,13-14,16-19H2,1-2H3. The van der Waals surface area contributed by atoms with Crippen LogP contribution in [0, 0.1) is 0 Å². The van der Waals surface area contributed by atoms with E-state index in [9.17, 15) is 15.0 Å². The van der Waals surface area contributed by atoms with Crippen molar-refractivity contribution in [3.05, 3.63) is 89.0 Å². The molecule has 2 N–H and O–H groups in total. The summed E-state index contributed by atoms with van der Waals surface area (Å²) in [6, 6.07) is 22.1. The Hall–Kier alpha value is -3.23. The Bertz CT molecular complexity index is 1150. The first kappa shape index (κ1) is 26.8. The fourth-order valence-corrected chi connectivity index (χ4v) is 4.88. The van der Waals surface area contributed by atoms with E-state index in [-0.39, 0.29) is 38.3 Å². The van der Waals surface area contributed by atoms with E-state index in [1.165, 1.54) is 36.5 Å². The summed E-state index contributed by atoms with van der Waals surface area (Å²) >= 11 is 0. The summed E-state index contributed by atoms with van der Waals surface area (Å²) in [5.41, 5.74) is 6.38. The van der Waals surface area contributed by atoms with Gasteiger partial charge in [-0.25, -0.2) is 4.79 Å². The lowest BCUT2D eigenvalue weighted by atomic mass is 9.98. The molecule has 1 aliphatic rings. The Kier molecular flexibility index (Phi) is 9.30. The molecule has 3 aromatic carbocycles. The summed E-state index contributed by atoms with van der Waals surface area (Å²) in [7, 11) is 2.84. The number of esters is 1. The number of ether oxygens (including phenoxy) is 4. The number of methoxy groups -OCH3 is 2. The van der Waals surface area contributed by atoms with Crippen molar-refractivity contribution in [1.29, 1.82) is 0 Å². The maximum absolute atomic E-state index is 12.5. The summed E-state index contributed by atoms with van der Waals surface area (Å²) in [6.45, 7) is 0.519. The molecule has 1 aliphatic carbocycles. The van der Waals surface area contributed by atoms with Gasteiger partial charge in [-0.3, -0.25) is 0 Å². The molecule has 0 fully saturated rings. The highest BCUT2D eigenvalue weighted by atomic mass is 16.6. The van der Waals surface area contributed by atoms with E-state index in [1.54, 1.807) is 12.1 Å². The van der Waals surface area contributed by atoms with Gasteiger partial charge in [-0.1, -0.05) is 54.6 Å². The van der Waals surface area contributed by atoms with E-state index < -0.39 is 12.1 Å². The van der Waals surface area contributed by atoms with Crippen LogP contribution in [0.4, 0.5) is 0 Å². The number of hydrogen-bond acceptors (Lipinski definition) is 7. The first-order chi connectivity index (χ1) is 18.1. The Balaban J connectivity index is 1.51. The lowest BCUT2D eigenvalue weighted by molar-refractivity contribution is -0.150. The molecule has 0 saturated heterocycles. The van der Waals surface area contributed by atoms with Crippen molar-refractivity contribution in [2.45, 2.75) is 44.2 Å². The lowest BCUT2D eigenvalue weighted by Gasteiger charge is -2.23. The average molecular weight is 507 g/mol. The van der Waals surface area contributed by atoms with Crippen LogP contribution in [0.15, 0.2) is 66.7 Å². The topological polar surface area (TPSA) is 94.5 Å². The van der Waals surface area contributed by atoms with E-state index in [0.717, 1.165) is 5.56 Å². The van der Waals surface area contributed by atoms with Crippen LogP contribution >= 0.6 is 0 Å². The lowest BCUT2D eigenvalue weighted by Crippen LogP contribution is -2.34. The second kappa shape index (κ2) is 12.8. The number of hydrogen-bond donors (Lipinski definition) is 2. The van der Waals surface area contributed by atoms with Gasteiger partial charge in [0.2, 0.25) is 0 Å². The van der Waals surface area contributed by atoms with Crippen LogP contribution in [0.1, 0.15) is 41.0 Å². The van der Waals surface area contributed by atoms with Crippen LogP contribution in [0.3, 0.4) is 0 Å². The van der Waals surface area contributed by atoms with Crippen molar-refractivity contribution < 1.29 is 34.0 Å². The number of carbonyl (C=O) groups is 1. The molecule has 196 valence electrons. The second-order valence-electron chi connectivity index (χ2n) is 9.08. The monoisotopic (exact) mass is 506 g/mol. The minimum atomic E-state index is -0.922. The second-order valence-corrected chi connectivity index (χ2v) is 9.08. The molecule has 0 aromatic heterocycles. The van der Waals surface area contributed by atoms with Crippen LogP contribution < -0.4 is 4.74 Å². The van der Waals surface area contributed by atoms with Crippen LogP contribution in [-0.2, 0) is 32.2 Å². The highest BCUT2D eigenvalue weighted by Crippen LogP contribution is 2.44. The van der Waals surface area contributed by atoms with E-state index >= 15 is 0 Å². The zero-order chi connectivity index (χ0) is 26.2. The van der Waals surface area contributed by atoms with Gasteiger partial charge in [-0.15, -0.1) is 0 Å². The fourth-order valence-electron chi connectivity index (χ4n) is 4.88. The summed E-state index contributed by atoms with van der Waals surface area (Å²) in [6.07, 6.45) is -0.694. The molecule has 0 amide bonds. The molecule has 3 aromatic rings. The minimum absolute atomic E-state index is 0.0654. The van der Waals surface area contributed by atoms with Crippen molar-refractivity contribution in [3.8, 4) is 16.9 Å². The summed E-state index contributed by atoms with van der Waals surface area (Å²) < 4.78 is 22.7. The highest BCUT2D eigenvalue weighted by molar-refractivity contribution is 5.78. The molecule has 0 spiro atoms. The van der Waals surface area contributed by atoms with Crippen molar-refractivity contribution in [1.82, 2.24) is 0 Å². The summed E-state index contributed by atoms with van der Waals surface area (Å²) in [5.74, 6) is 0.0532. The first-order valence-corrected chi connectivity index (χ1v) is 12.5. The first-order valence-electron chi connectivity index (χ1n) is 12.5. The molecule has 2 atom stereocenters. The number of benzene rings is 3. The zero-order valence-corrected chi connectivity index (χ0v) is 21.3. The van der Waals surface area contributed by atoms with E-state index in [2.05, 4.69) is 36.4 Å². The molecule has 0 radical (unpaired) electrons. The fraction of sp³-hybridized carbons (Fsp3) is 0.367. The highest BCUT2D eigenvalue weighted by Gasteiger charge is 2.29. The van der Waals surface area contributed by atoms with Crippen molar-refractivity contribution in [3.63, 3.8) is 0 Å². The molecule has 4 rings (SSSR count). The van der Waals surface area contributed by atoms with Crippen molar-refractivity contribution in [2.24, 2.45) is 0 Å². The predicted octanol–water partition coefficient (Wildman–Crippen LogP) is 4.22. The molecule has 0 heterocycles. The van der Waals surface area contributed by atoms with Gasteiger partial charge >= 0.3 is 5.97 Å². The molecule has 0 bridgehead atoms. The molecule has 0 aliphatic heterocycles. The molecule has 2 unspecified atom stereocenters. The van der Waals surface area contributed by atoms with Crippen molar-refractivity contribution >= 4 is 5.97 Å². The van der Waals surface area contributed by atoms with Gasteiger partial charge in [0.25, 0.3) is 0 Å².